The lowest BCUT2D eigenvalue weighted by Gasteiger charge is -2.36. The smallest absolute Gasteiger partial charge is 0.225 e. The minimum atomic E-state index is 0.0454. The van der Waals surface area contributed by atoms with Crippen molar-refractivity contribution in [3.05, 3.63) is 65.4 Å². The zero-order valence-corrected chi connectivity index (χ0v) is 17.9. The highest BCUT2D eigenvalue weighted by Crippen LogP contribution is 2.34. The predicted octanol–water partition coefficient (Wildman–Crippen LogP) is 3.63. The van der Waals surface area contributed by atoms with Crippen molar-refractivity contribution < 1.29 is 13.9 Å². The molecule has 0 amide bonds. The number of fused-ring (bicyclic) bond motifs is 1. The topological polar surface area (TPSA) is 71.7 Å². The van der Waals surface area contributed by atoms with Gasteiger partial charge in [-0.15, -0.1) is 0 Å². The molecule has 7 nitrogen and oxygen atoms in total. The van der Waals surface area contributed by atoms with Gasteiger partial charge in [-0.2, -0.15) is 0 Å². The second kappa shape index (κ2) is 8.06. The summed E-state index contributed by atoms with van der Waals surface area (Å²) in [5, 5.41) is 0. The van der Waals surface area contributed by atoms with Crippen molar-refractivity contribution in [1.29, 1.82) is 0 Å². The van der Waals surface area contributed by atoms with E-state index in [0.29, 0.717) is 18.4 Å². The molecule has 3 heterocycles. The van der Waals surface area contributed by atoms with Crippen LogP contribution in [0.2, 0.25) is 0 Å². The van der Waals surface area contributed by atoms with Crippen LogP contribution in [0.25, 0.3) is 0 Å². The van der Waals surface area contributed by atoms with Crippen molar-refractivity contribution in [3.63, 3.8) is 0 Å². The summed E-state index contributed by atoms with van der Waals surface area (Å²) in [6, 6.07) is 12.0. The number of Topliss-reactive ketones (excluding diaryl/α,β-unsaturated/α-hetero) is 1. The number of carbonyl (C=O) groups excluding carboxylic acids is 1. The summed E-state index contributed by atoms with van der Waals surface area (Å²) in [6.45, 7) is 5.36. The van der Waals surface area contributed by atoms with Crippen molar-refractivity contribution in [2.45, 2.75) is 25.7 Å². The summed E-state index contributed by atoms with van der Waals surface area (Å²) >= 11 is 0. The van der Waals surface area contributed by atoms with E-state index in [1.165, 1.54) is 5.69 Å². The average Bonchev–Trinajstić information content (AvgIpc) is 3.34. The number of benzene rings is 1. The molecule has 0 radical (unpaired) electrons. The first kappa shape index (κ1) is 19.6. The third kappa shape index (κ3) is 3.76. The zero-order valence-electron chi connectivity index (χ0n) is 17.9. The summed E-state index contributed by atoms with van der Waals surface area (Å²) in [5.41, 5.74) is 3.51. The molecule has 31 heavy (non-hydrogen) atoms. The number of rotatable bonds is 4. The van der Waals surface area contributed by atoms with Crippen LogP contribution >= 0.6 is 0 Å². The van der Waals surface area contributed by atoms with Gasteiger partial charge in [-0.25, -0.2) is 9.97 Å². The minimum absolute atomic E-state index is 0.0454. The first-order chi connectivity index (χ1) is 15.1. The van der Waals surface area contributed by atoms with Crippen molar-refractivity contribution in [2.75, 3.05) is 43.1 Å². The Morgan fingerprint density at radius 3 is 2.42 bits per heavy atom. The van der Waals surface area contributed by atoms with Crippen LogP contribution in [-0.4, -0.2) is 49.0 Å². The lowest BCUT2D eigenvalue weighted by atomic mass is 9.84. The van der Waals surface area contributed by atoms with Gasteiger partial charge in [0.2, 0.25) is 5.95 Å². The highest BCUT2D eigenvalue weighted by molar-refractivity contribution is 5.99. The molecule has 0 spiro atoms. The van der Waals surface area contributed by atoms with Crippen LogP contribution in [0.4, 0.5) is 11.6 Å². The number of hydrogen-bond donors (Lipinski definition) is 0. The number of aromatic nitrogens is 2. The fourth-order valence-electron chi connectivity index (χ4n) is 4.58. The standard InChI is InChI=1S/C24H26N4O3/c1-16-23-20(14-17(15-21(23)29)22-4-3-13-31-22)26-24(25-16)28-11-9-27(10-12-28)18-5-7-19(30-2)8-6-18/h3-8,13,17H,9-12,14-15H2,1-2H3. The number of carbonyl (C=O) groups is 1. The van der Waals surface area contributed by atoms with Gasteiger partial charge >= 0.3 is 0 Å². The van der Waals surface area contributed by atoms with Crippen LogP contribution in [0.1, 0.15) is 39.8 Å². The molecule has 1 aromatic carbocycles. The van der Waals surface area contributed by atoms with Gasteiger partial charge in [0.05, 0.1) is 30.3 Å². The number of furan rings is 1. The van der Waals surface area contributed by atoms with Gasteiger partial charge in [-0.05, 0) is 43.3 Å². The van der Waals surface area contributed by atoms with Gasteiger partial charge in [0.15, 0.2) is 5.78 Å². The number of ether oxygens (including phenoxy) is 1. The van der Waals surface area contributed by atoms with E-state index in [1.54, 1.807) is 13.4 Å². The lowest BCUT2D eigenvalue weighted by Crippen LogP contribution is -2.47. The van der Waals surface area contributed by atoms with Crippen molar-refractivity contribution in [2.24, 2.45) is 0 Å². The van der Waals surface area contributed by atoms with Crippen molar-refractivity contribution >= 4 is 17.4 Å². The molecular weight excluding hydrogens is 392 g/mol. The highest BCUT2D eigenvalue weighted by atomic mass is 16.5. The van der Waals surface area contributed by atoms with E-state index < -0.39 is 0 Å². The van der Waals surface area contributed by atoms with Gasteiger partial charge < -0.3 is 19.0 Å². The molecule has 1 saturated heterocycles. The maximum Gasteiger partial charge on any atom is 0.225 e. The molecule has 2 aliphatic rings. The second-order valence-electron chi connectivity index (χ2n) is 8.15. The fourth-order valence-corrected chi connectivity index (χ4v) is 4.58. The zero-order chi connectivity index (χ0) is 21.4. The maximum absolute atomic E-state index is 12.8. The Balaban J connectivity index is 1.33. The number of anilines is 2. The normalized spacial score (nSPS) is 18.8. The second-order valence-corrected chi connectivity index (χ2v) is 8.15. The van der Waals surface area contributed by atoms with E-state index >= 15 is 0 Å². The molecule has 1 fully saturated rings. The van der Waals surface area contributed by atoms with Gasteiger partial charge in [-0.3, -0.25) is 4.79 Å². The quantitative estimate of drug-likeness (QED) is 0.641. The molecule has 2 aromatic heterocycles. The Bertz CT molecular complexity index is 1070. The molecule has 1 unspecified atom stereocenters. The maximum atomic E-state index is 12.8. The third-order valence-corrected chi connectivity index (χ3v) is 6.25. The fraction of sp³-hybridized carbons (Fsp3) is 0.375. The lowest BCUT2D eigenvalue weighted by molar-refractivity contribution is 0.0958. The number of nitrogens with zero attached hydrogens (tertiary/aromatic N) is 4. The monoisotopic (exact) mass is 418 g/mol. The molecule has 7 heteroatoms. The number of ketones is 1. The number of piperazine rings is 1. The Morgan fingerprint density at radius 2 is 1.74 bits per heavy atom. The number of methoxy groups -OCH3 is 1. The Labute approximate surface area is 181 Å². The molecule has 1 aliphatic heterocycles. The van der Waals surface area contributed by atoms with E-state index in [0.717, 1.165) is 55.0 Å². The van der Waals surface area contributed by atoms with Crippen LogP contribution in [0.3, 0.4) is 0 Å². The summed E-state index contributed by atoms with van der Waals surface area (Å²) in [6.07, 6.45) is 2.82. The summed E-state index contributed by atoms with van der Waals surface area (Å²) in [4.78, 5) is 26.9. The van der Waals surface area contributed by atoms with Crippen LogP contribution in [0.15, 0.2) is 47.1 Å². The number of aryl methyl sites for hydroxylation is 1. The minimum Gasteiger partial charge on any atom is -0.497 e. The summed E-state index contributed by atoms with van der Waals surface area (Å²) in [7, 11) is 1.68. The van der Waals surface area contributed by atoms with Gasteiger partial charge in [0.25, 0.3) is 0 Å². The Kier molecular flexibility index (Phi) is 5.10. The van der Waals surface area contributed by atoms with Crippen LogP contribution in [-0.2, 0) is 6.42 Å². The van der Waals surface area contributed by atoms with E-state index in [1.807, 2.05) is 31.2 Å². The van der Waals surface area contributed by atoms with Crippen molar-refractivity contribution in [3.8, 4) is 5.75 Å². The third-order valence-electron chi connectivity index (χ3n) is 6.25. The molecule has 160 valence electrons. The summed E-state index contributed by atoms with van der Waals surface area (Å²) < 4.78 is 10.8. The van der Waals surface area contributed by atoms with Crippen LogP contribution in [0.5, 0.6) is 5.75 Å². The summed E-state index contributed by atoms with van der Waals surface area (Å²) in [5.74, 6) is 2.59. The first-order valence-corrected chi connectivity index (χ1v) is 10.7. The molecule has 0 N–H and O–H groups in total. The molecule has 0 saturated carbocycles. The van der Waals surface area contributed by atoms with E-state index in [9.17, 15) is 4.79 Å². The highest BCUT2D eigenvalue weighted by Gasteiger charge is 2.32. The largest absolute Gasteiger partial charge is 0.497 e. The van der Waals surface area contributed by atoms with Gasteiger partial charge in [-0.1, -0.05) is 0 Å². The van der Waals surface area contributed by atoms with Gasteiger partial charge in [0.1, 0.15) is 11.5 Å². The molecular formula is C24H26N4O3. The van der Waals surface area contributed by atoms with Gasteiger partial charge in [0, 0.05) is 50.6 Å². The van der Waals surface area contributed by atoms with Crippen LogP contribution in [0, 0.1) is 6.92 Å². The van der Waals surface area contributed by atoms with Crippen LogP contribution < -0.4 is 14.5 Å². The van der Waals surface area contributed by atoms with E-state index in [2.05, 4.69) is 21.9 Å². The molecule has 5 rings (SSSR count). The number of hydrogen-bond acceptors (Lipinski definition) is 7. The Hall–Kier alpha value is -3.35. The Morgan fingerprint density at radius 1 is 1.00 bits per heavy atom. The van der Waals surface area contributed by atoms with Crippen molar-refractivity contribution in [1.82, 2.24) is 9.97 Å². The predicted molar refractivity (Wildman–Crippen MR) is 118 cm³/mol. The van der Waals surface area contributed by atoms with E-state index in [-0.39, 0.29) is 11.7 Å². The molecule has 1 aliphatic carbocycles. The first-order valence-electron chi connectivity index (χ1n) is 10.7. The average molecular weight is 418 g/mol. The molecule has 1 atom stereocenters. The molecule has 0 bridgehead atoms. The molecule has 3 aromatic rings. The SMILES string of the molecule is COc1ccc(N2CCN(c3nc(C)c4c(n3)CC(c3ccco3)CC4=O)CC2)cc1. The van der Waals surface area contributed by atoms with E-state index in [4.69, 9.17) is 19.1 Å².